The summed E-state index contributed by atoms with van der Waals surface area (Å²) in [5.74, 6) is 3.60. The van der Waals surface area contributed by atoms with Crippen molar-refractivity contribution < 1.29 is 5.21 Å². The molecule has 0 aliphatic carbocycles. The molecule has 2 fully saturated rings. The summed E-state index contributed by atoms with van der Waals surface area (Å²) < 4.78 is 0. The molecular weight excluding hydrogens is 801 g/mol. The topological polar surface area (TPSA) is 197 Å². The SMILES string of the molecule is CC(=N)N1CCCCCC1.CC(=N)N1CCCNCC1.CC(C)=NO.CC1=NCCC1.CC1=NCCC1.CC1=NCCCC1.CC1=NCCCC1.CC1=NCCCN1.CC1=NCCN1. The van der Waals surface area contributed by atoms with Crippen molar-refractivity contribution in [3.63, 3.8) is 0 Å². The van der Waals surface area contributed by atoms with E-state index in [9.17, 15) is 0 Å². The van der Waals surface area contributed by atoms with E-state index < -0.39 is 0 Å². The molecule has 368 valence electrons. The molecule has 0 atom stereocenters. The second kappa shape index (κ2) is 41.7. The third kappa shape index (κ3) is 39.6. The van der Waals surface area contributed by atoms with Gasteiger partial charge in [-0.3, -0.25) is 40.8 Å². The summed E-state index contributed by atoms with van der Waals surface area (Å²) in [4.78, 5) is 29.3. The zero-order valence-electron chi connectivity index (χ0n) is 42.7. The molecule has 15 nitrogen and oxygen atoms in total. The Hall–Kier alpha value is -4.01. The van der Waals surface area contributed by atoms with Crippen LogP contribution in [0.1, 0.15) is 172 Å². The first-order chi connectivity index (χ1) is 30.7. The molecule has 8 aliphatic heterocycles. The van der Waals surface area contributed by atoms with Gasteiger partial charge in [-0.05, 0) is 166 Å². The van der Waals surface area contributed by atoms with Crippen LogP contribution in [0.3, 0.4) is 0 Å². The summed E-state index contributed by atoms with van der Waals surface area (Å²) in [6.45, 7) is 34.4. The third-order valence-corrected chi connectivity index (χ3v) is 10.8. The average molecular weight is 897 g/mol. The number of nitrogens with one attached hydrogen (secondary N) is 5. The standard InChI is InChI=1S/C8H16N2.C7H15N3.2C6H11N.C5H10N2.2C5H9N.C4H8N2.C3H7NO/c1-8(9)10-6-4-2-3-5-7-10;1-7(8)10-5-2-3-9-4-6-10;2*1-6-4-2-3-5-7-6;1-5-6-3-2-4-7-5;2*1-5-3-2-4-6-5;1-4-5-2-3-6-4;1-3(2)4-5/h9H,2-7H2,1H3;8-9H,2-6H2,1H3;2*2-5H2,1H3;2-4H2,1H3,(H,6,7);2*2-4H2,1H3;2-3H2,1H3,(H,5,6);5H,1-2H3. The van der Waals surface area contributed by atoms with Crippen molar-refractivity contribution in [3.05, 3.63) is 0 Å². The van der Waals surface area contributed by atoms with Gasteiger partial charge in [-0.15, -0.1) is 0 Å². The van der Waals surface area contributed by atoms with E-state index in [-0.39, 0.29) is 0 Å². The van der Waals surface area contributed by atoms with Crippen LogP contribution in [0.25, 0.3) is 0 Å². The summed E-state index contributed by atoms with van der Waals surface area (Å²) in [6.07, 6.45) is 20.4. The molecule has 0 radical (unpaired) electrons. The molecule has 2 saturated heterocycles. The Bertz CT molecular complexity index is 1290. The number of rotatable bonds is 0. The van der Waals surface area contributed by atoms with Crippen molar-refractivity contribution in [2.24, 2.45) is 35.1 Å². The molecule has 0 aromatic rings. The minimum absolute atomic E-state index is 0.685. The molecule has 0 bridgehead atoms. The third-order valence-electron chi connectivity index (χ3n) is 10.8. The number of likely N-dealkylation sites (tertiary alicyclic amines) is 1. The number of amidine groups is 4. The summed E-state index contributed by atoms with van der Waals surface area (Å²) in [6, 6.07) is 0. The van der Waals surface area contributed by atoms with Crippen molar-refractivity contribution in [1.29, 1.82) is 10.8 Å². The van der Waals surface area contributed by atoms with Gasteiger partial charge in [0.15, 0.2) is 0 Å². The van der Waals surface area contributed by atoms with Gasteiger partial charge < -0.3 is 31.0 Å². The number of aliphatic imine (C=N–C) groups is 6. The van der Waals surface area contributed by atoms with Crippen LogP contribution in [-0.2, 0) is 0 Å². The van der Waals surface area contributed by atoms with Gasteiger partial charge in [-0.1, -0.05) is 18.0 Å². The van der Waals surface area contributed by atoms with Crippen molar-refractivity contribution in [2.45, 2.75) is 172 Å². The minimum atomic E-state index is 0.685. The predicted octanol–water partition coefficient (Wildman–Crippen LogP) is 9.15. The van der Waals surface area contributed by atoms with E-state index in [1.165, 1.54) is 119 Å². The Labute approximate surface area is 391 Å². The lowest BCUT2D eigenvalue weighted by molar-refractivity contribution is 0.318. The molecule has 0 amide bonds. The van der Waals surface area contributed by atoms with E-state index >= 15 is 0 Å². The number of hydrogen-bond donors (Lipinski definition) is 6. The van der Waals surface area contributed by atoms with Gasteiger partial charge in [0, 0.05) is 101 Å². The van der Waals surface area contributed by atoms with Crippen LogP contribution in [0.4, 0.5) is 0 Å². The fraction of sp³-hybridized carbons (Fsp3) is 0.816. The minimum Gasteiger partial charge on any atom is -0.411 e. The Kier molecular flexibility index (Phi) is 39.1. The monoisotopic (exact) mass is 897 g/mol. The average Bonchev–Trinajstić information content (AvgIpc) is 3.99. The van der Waals surface area contributed by atoms with Gasteiger partial charge >= 0.3 is 0 Å². The lowest BCUT2D eigenvalue weighted by atomic mass is 10.1. The molecule has 0 aromatic heterocycles. The van der Waals surface area contributed by atoms with Gasteiger partial charge in [-0.2, -0.15) is 0 Å². The fourth-order valence-corrected chi connectivity index (χ4v) is 6.81. The molecule has 8 aliphatic rings. The summed E-state index contributed by atoms with van der Waals surface area (Å²) in [7, 11) is 0. The first-order valence-electron chi connectivity index (χ1n) is 24.7. The van der Waals surface area contributed by atoms with Crippen LogP contribution in [-0.4, -0.2) is 159 Å². The van der Waals surface area contributed by atoms with Gasteiger partial charge in [0.1, 0.15) is 0 Å². The van der Waals surface area contributed by atoms with Crippen LogP contribution >= 0.6 is 0 Å². The van der Waals surface area contributed by atoms with E-state index in [0.717, 1.165) is 116 Å². The first-order valence-corrected chi connectivity index (χ1v) is 24.7. The molecule has 6 N–H and O–H groups in total. The lowest BCUT2D eigenvalue weighted by Gasteiger charge is -2.19. The Balaban J connectivity index is 0.000000704. The second-order valence-electron chi connectivity index (χ2n) is 17.4. The van der Waals surface area contributed by atoms with Crippen molar-refractivity contribution >= 4 is 51.9 Å². The highest BCUT2D eigenvalue weighted by Crippen LogP contribution is 2.09. The van der Waals surface area contributed by atoms with Crippen molar-refractivity contribution in [2.75, 3.05) is 91.6 Å². The van der Waals surface area contributed by atoms with Gasteiger partial charge in [0.05, 0.1) is 35.6 Å². The number of nitrogens with zero attached hydrogens (tertiary/aromatic N) is 9. The van der Waals surface area contributed by atoms with Crippen LogP contribution < -0.4 is 16.0 Å². The van der Waals surface area contributed by atoms with Crippen LogP contribution in [0.15, 0.2) is 35.1 Å². The fourth-order valence-electron chi connectivity index (χ4n) is 6.81. The molecule has 15 heteroatoms. The largest absolute Gasteiger partial charge is 0.411 e. The molecule has 0 unspecified atom stereocenters. The van der Waals surface area contributed by atoms with Gasteiger partial charge in [0.25, 0.3) is 0 Å². The highest BCUT2D eigenvalue weighted by atomic mass is 16.4. The molecule has 0 saturated carbocycles. The van der Waals surface area contributed by atoms with E-state index in [1.54, 1.807) is 13.8 Å². The molecule has 0 spiro atoms. The van der Waals surface area contributed by atoms with E-state index in [4.69, 9.17) is 16.0 Å². The molecule has 0 aromatic carbocycles. The molecule has 8 rings (SSSR count). The van der Waals surface area contributed by atoms with Gasteiger partial charge in [-0.25, -0.2) is 0 Å². The highest BCUT2D eigenvalue weighted by Gasteiger charge is 2.08. The lowest BCUT2D eigenvalue weighted by Crippen LogP contribution is -2.31. The quantitative estimate of drug-likeness (QED) is 0.0607. The first kappa shape index (κ1) is 60.0. The maximum atomic E-state index is 7.73. The highest BCUT2D eigenvalue weighted by molar-refractivity contribution is 5.84. The second-order valence-corrected chi connectivity index (χ2v) is 17.4. The summed E-state index contributed by atoms with van der Waals surface area (Å²) >= 11 is 0. The van der Waals surface area contributed by atoms with E-state index in [1.807, 2.05) is 27.7 Å². The molecular formula is C49H96N14O. The molecule has 64 heavy (non-hydrogen) atoms. The van der Waals surface area contributed by atoms with Gasteiger partial charge in [0.2, 0.25) is 0 Å². The Morgan fingerprint density at radius 3 is 1.08 bits per heavy atom. The van der Waals surface area contributed by atoms with E-state index in [2.05, 4.69) is 88.6 Å². The normalized spacial score (nSPS) is 19.7. The maximum absolute atomic E-state index is 7.73. The zero-order valence-corrected chi connectivity index (χ0v) is 42.7. The van der Waals surface area contributed by atoms with Crippen LogP contribution in [0.5, 0.6) is 0 Å². The Morgan fingerprint density at radius 2 is 0.828 bits per heavy atom. The predicted molar refractivity (Wildman–Crippen MR) is 281 cm³/mol. The van der Waals surface area contributed by atoms with Crippen LogP contribution in [0.2, 0.25) is 0 Å². The summed E-state index contributed by atoms with van der Waals surface area (Å²) in [5.41, 5.74) is 6.02. The summed E-state index contributed by atoms with van der Waals surface area (Å²) in [5, 5.41) is 34.8. The van der Waals surface area contributed by atoms with E-state index in [0.29, 0.717) is 11.5 Å². The maximum Gasteiger partial charge on any atom is 0.0933 e. The number of hydrogen-bond acceptors (Lipinski definition) is 13. The smallest absolute Gasteiger partial charge is 0.0933 e. The van der Waals surface area contributed by atoms with Crippen molar-refractivity contribution in [1.82, 2.24) is 25.8 Å². The molecule has 8 heterocycles. The Morgan fingerprint density at radius 1 is 0.438 bits per heavy atom. The van der Waals surface area contributed by atoms with Crippen LogP contribution in [0, 0.1) is 10.8 Å². The number of oxime groups is 1. The van der Waals surface area contributed by atoms with Crippen molar-refractivity contribution in [3.8, 4) is 0 Å². The zero-order chi connectivity index (χ0) is 47.6.